The Labute approximate surface area is 179 Å². The lowest BCUT2D eigenvalue weighted by molar-refractivity contribution is -0.318. The summed E-state index contributed by atoms with van der Waals surface area (Å²) < 4.78 is 15.0. The number of carbonyl (C=O) groups is 1. The molecule has 1 saturated heterocycles. The lowest BCUT2D eigenvalue weighted by Gasteiger charge is -2.33. The molecule has 0 amide bonds. The van der Waals surface area contributed by atoms with E-state index in [0.29, 0.717) is 6.04 Å². The molecule has 29 heavy (non-hydrogen) atoms. The third-order valence-electron chi connectivity index (χ3n) is 5.52. The number of hydrogen-bond donors (Lipinski definition) is 1. The number of alkyl halides is 1. The van der Waals surface area contributed by atoms with Gasteiger partial charge in [0, 0.05) is 27.2 Å². The third-order valence-corrected chi connectivity index (χ3v) is 5.99. The van der Waals surface area contributed by atoms with Crippen LogP contribution in [0.3, 0.4) is 0 Å². The van der Waals surface area contributed by atoms with Crippen molar-refractivity contribution in [2.24, 2.45) is 0 Å². The van der Waals surface area contributed by atoms with Gasteiger partial charge >= 0.3 is 0 Å². The highest BCUT2D eigenvalue weighted by Gasteiger charge is 2.42. The number of nitrogens with zero attached hydrogens (tertiary/aromatic N) is 1. The maximum Gasteiger partial charge on any atom is 0.200 e. The van der Waals surface area contributed by atoms with E-state index < -0.39 is 17.4 Å². The van der Waals surface area contributed by atoms with Gasteiger partial charge in [-0.1, -0.05) is 53.5 Å². The minimum atomic E-state index is -2.80. The van der Waals surface area contributed by atoms with Crippen LogP contribution >= 0.6 is 23.2 Å². The Hall–Kier alpha value is -1.92. The second-order valence-corrected chi connectivity index (χ2v) is 8.16. The fraction of sp³-hybridized carbons (Fsp3) is 0.318. The minimum absolute atomic E-state index is 0.109. The molecule has 1 N–H and O–H groups in total. The molecule has 2 aromatic rings. The second-order valence-electron chi connectivity index (χ2n) is 7.29. The van der Waals surface area contributed by atoms with Gasteiger partial charge in [0.2, 0.25) is 0 Å². The van der Waals surface area contributed by atoms with E-state index in [4.69, 9.17) is 23.2 Å². The van der Waals surface area contributed by atoms with E-state index in [1.165, 1.54) is 48.5 Å². The molecule has 1 fully saturated rings. The smallest absolute Gasteiger partial charge is 0.200 e. The normalized spacial score (nSPS) is 23.4. The molecule has 2 bridgehead atoms. The number of fused-ring (bicyclic) bond motifs is 2. The van der Waals surface area contributed by atoms with Crippen LogP contribution in [0.2, 0.25) is 10.0 Å². The van der Waals surface area contributed by atoms with Crippen molar-refractivity contribution < 1.29 is 19.4 Å². The van der Waals surface area contributed by atoms with E-state index >= 15 is 0 Å². The van der Waals surface area contributed by atoms with Gasteiger partial charge in [-0.3, -0.25) is 4.90 Å². The average Bonchev–Trinajstić information content (AvgIpc) is 2.84. The van der Waals surface area contributed by atoms with Crippen molar-refractivity contribution in [3.05, 3.63) is 81.9 Å². The molecule has 2 aromatic carbocycles. The third kappa shape index (κ3) is 4.33. The quantitative estimate of drug-likeness (QED) is 0.745. The number of aliphatic hydroxyl groups is 1. The van der Waals surface area contributed by atoms with Crippen LogP contribution in [0.25, 0.3) is 0 Å². The van der Waals surface area contributed by atoms with Crippen LogP contribution in [0, 0.1) is 0 Å². The summed E-state index contributed by atoms with van der Waals surface area (Å²) in [6.07, 6.45) is 7.18. The Morgan fingerprint density at radius 1 is 1.21 bits per heavy atom. The Bertz CT molecular complexity index is 890. The number of hydrogen-bond acceptors (Lipinski definition) is 4. The Morgan fingerprint density at radius 2 is 1.76 bits per heavy atom. The van der Waals surface area contributed by atoms with Crippen molar-refractivity contribution in [3.63, 3.8) is 0 Å². The summed E-state index contributed by atoms with van der Waals surface area (Å²) in [4.78, 5) is 13.3. The zero-order valence-electron chi connectivity index (χ0n) is 15.8. The zero-order chi connectivity index (χ0) is 21.2. The van der Waals surface area contributed by atoms with E-state index in [0.717, 1.165) is 19.3 Å². The molecule has 2 aliphatic heterocycles. The van der Waals surface area contributed by atoms with Gasteiger partial charge in [-0.2, -0.15) is 0 Å². The van der Waals surface area contributed by atoms with Crippen molar-refractivity contribution in [3.8, 4) is 0 Å². The van der Waals surface area contributed by atoms with E-state index in [1.54, 1.807) is 0 Å². The van der Waals surface area contributed by atoms with Crippen molar-refractivity contribution in [1.82, 2.24) is 4.90 Å². The predicted octanol–water partition coefficient (Wildman–Crippen LogP) is 3.69. The van der Waals surface area contributed by atoms with Crippen LogP contribution in [0.1, 0.15) is 30.4 Å². The van der Waals surface area contributed by atoms with Gasteiger partial charge in [0.1, 0.15) is 5.72 Å². The van der Waals surface area contributed by atoms with Crippen molar-refractivity contribution in [2.75, 3.05) is 7.05 Å². The van der Waals surface area contributed by atoms with Crippen LogP contribution < -0.4 is 5.11 Å². The fourth-order valence-electron chi connectivity index (χ4n) is 3.76. The number of rotatable bonds is 3. The summed E-state index contributed by atoms with van der Waals surface area (Å²) in [7, 11) is 2.00. The minimum Gasteiger partial charge on any atom is -0.546 e. The summed E-state index contributed by atoms with van der Waals surface area (Å²) in [5.41, 5.74) is -3.61. The SMILES string of the molecule is CN1[C@@H]2CC=C[C@@]1(O)CC2.O=C([O-])C(F)(c1cccc(Cl)c1)c1cccc(Cl)c1. The first-order valence-corrected chi connectivity index (χ1v) is 9.98. The highest BCUT2D eigenvalue weighted by Crippen LogP contribution is 2.37. The number of carboxylic acid groups (broad SMARTS) is 1. The highest BCUT2D eigenvalue weighted by atomic mass is 35.5. The molecule has 154 valence electrons. The van der Waals surface area contributed by atoms with Crippen LogP contribution in [-0.2, 0) is 10.5 Å². The first-order chi connectivity index (χ1) is 13.7. The van der Waals surface area contributed by atoms with Crippen molar-refractivity contribution >= 4 is 29.2 Å². The van der Waals surface area contributed by atoms with Crippen LogP contribution in [0.4, 0.5) is 4.39 Å². The van der Waals surface area contributed by atoms with E-state index in [9.17, 15) is 19.4 Å². The summed E-state index contributed by atoms with van der Waals surface area (Å²) in [5.74, 6) is -1.86. The zero-order valence-corrected chi connectivity index (χ0v) is 17.3. The van der Waals surface area contributed by atoms with E-state index in [-0.39, 0.29) is 21.2 Å². The lowest BCUT2D eigenvalue weighted by atomic mass is 9.88. The van der Waals surface area contributed by atoms with Crippen LogP contribution in [-0.4, -0.2) is 34.8 Å². The highest BCUT2D eigenvalue weighted by molar-refractivity contribution is 6.31. The van der Waals surface area contributed by atoms with Gasteiger partial charge in [0.05, 0.1) is 5.97 Å². The van der Waals surface area contributed by atoms with Gasteiger partial charge in [-0.05, 0) is 56.7 Å². The summed E-state index contributed by atoms with van der Waals surface area (Å²) >= 11 is 11.5. The van der Waals surface area contributed by atoms with Gasteiger partial charge in [-0.15, -0.1) is 0 Å². The summed E-state index contributed by atoms with van der Waals surface area (Å²) in [6.45, 7) is 0. The molecule has 2 aliphatic rings. The Morgan fingerprint density at radius 3 is 2.17 bits per heavy atom. The average molecular weight is 437 g/mol. The molecule has 0 unspecified atom stereocenters. The second kappa shape index (κ2) is 8.44. The monoisotopic (exact) mass is 436 g/mol. The Kier molecular flexibility index (Phi) is 6.34. The van der Waals surface area contributed by atoms with E-state index in [1.807, 2.05) is 13.1 Å². The fourth-order valence-corrected chi connectivity index (χ4v) is 4.14. The summed E-state index contributed by atoms with van der Waals surface area (Å²) in [6, 6.07) is 11.8. The van der Waals surface area contributed by atoms with Crippen LogP contribution in [0.5, 0.6) is 0 Å². The Balaban J connectivity index is 0.000000200. The molecule has 4 nitrogen and oxygen atoms in total. The lowest BCUT2D eigenvalue weighted by Crippen LogP contribution is -2.44. The predicted molar refractivity (Wildman–Crippen MR) is 109 cm³/mol. The molecule has 0 saturated carbocycles. The van der Waals surface area contributed by atoms with Crippen molar-refractivity contribution in [1.29, 1.82) is 0 Å². The number of aliphatic carboxylic acids is 1. The maximum atomic E-state index is 15.0. The molecule has 0 aliphatic carbocycles. The van der Waals surface area contributed by atoms with Gasteiger partial charge in [-0.25, -0.2) is 4.39 Å². The topological polar surface area (TPSA) is 63.6 Å². The number of benzene rings is 2. The maximum absolute atomic E-state index is 15.0. The molecule has 0 aromatic heterocycles. The van der Waals surface area contributed by atoms with Gasteiger partial charge in [0.15, 0.2) is 5.67 Å². The number of carbonyl (C=O) groups excluding carboxylic acids is 1. The number of likely N-dealkylation sites (N-methyl/N-ethyl adjacent to an activating group) is 1. The van der Waals surface area contributed by atoms with Crippen molar-refractivity contribution in [2.45, 2.75) is 36.7 Å². The van der Waals surface area contributed by atoms with Crippen LogP contribution in [0.15, 0.2) is 60.7 Å². The summed E-state index contributed by atoms with van der Waals surface area (Å²) in [5, 5.41) is 21.6. The standard InChI is InChI=1S/C14H9Cl2FO2.C8H13NO/c15-11-5-1-3-9(7-11)14(17,13(18)19)10-4-2-6-12(16)8-10;1-9-7-3-2-5-8(9,10)6-4-7/h1-8H,(H,18,19);2,5,7,10H,3-4,6H2,1H3/p-1/t;7-,8-/m.1/s1. The molecule has 2 atom stereocenters. The molecule has 4 rings (SSSR count). The van der Waals surface area contributed by atoms with E-state index in [2.05, 4.69) is 11.0 Å². The molecular formula is C22H21Cl2FNO3-. The first-order valence-electron chi connectivity index (χ1n) is 9.22. The largest absolute Gasteiger partial charge is 0.546 e. The number of halogens is 3. The molecular weight excluding hydrogens is 416 g/mol. The molecule has 0 spiro atoms. The molecule has 2 heterocycles. The molecule has 7 heteroatoms. The van der Waals surface area contributed by atoms with Gasteiger partial charge in [0.25, 0.3) is 0 Å². The van der Waals surface area contributed by atoms with Gasteiger partial charge < -0.3 is 15.0 Å². The number of carboxylic acids is 1. The first kappa shape index (κ1) is 21.8. The molecule has 0 radical (unpaired) electrons.